The second-order valence-electron chi connectivity index (χ2n) is 6.78. The Balaban J connectivity index is 1.84. The maximum absolute atomic E-state index is 14.0. The van der Waals surface area contributed by atoms with Crippen molar-refractivity contribution in [1.82, 2.24) is 0 Å². The van der Waals surface area contributed by atoms with Crippen LogP contribution in [0.15, 0.2) is 66.7 Å². The van der Waals surface area contributed by atoms with Gasteiger partial charge in [0.05, 0.1) is 34.1 Å². The summed E-state index contributed by atoms with van der Waals surface area (Å²) >= 11 is 6.00. The number of nitrogens with one attached hydrogen (secondary N) is 1. The van der Waals surface area contributed by atoms with Gasteiger partial charge >= 0.3 is 0 Å². The number of halogens is 2. The number of rotatable bonds is 7. The number of hydrogen-bond acceptors (Lipinski definition) is 5. The predicted molar refractivity (Wildman–Crippen MR) is 120 cm³/mol. The Bertz CT molecular complexity index is 1280. The summed E-state index contributed by atoms with van der Waals surface area (Å²) in [6.45, 7) is -0.222. The van der Waals surface area contributed by atoms with Gasteiger partial charge in [-0.2, -0.15) is 0 Å². The van der Waals surface area contributed by atoms with Gasteiger partial charge in [0.2, 0.25) is 10.0 Å². The molecule has 0 spiro atoms. The molecule has 3 aromatic carbocycles. The zero-order valence-corrected chi connectivity index (χ0v) is 18.2. The maximum Gasteiger partial charge on any atom is 0.271 e. The van der Waals surface area contributed by atoms with Crippen LogP contribution in [0.1, 0.15) is 15.9 Å². The molecule has 3 aromatic rings. The Kier molecular flexibility index (Phi) is 6.75. The van der Waals surface area contributed by atoms with E-state index in [0.29, 0.717) is 0 Å². The van der Waals surface area contributed by atoms with Crippen molar-refractivity contribution in [3.05, 3.63) is 98.8 Å². The first-order chi connectivity index (χ1) is 15.1. The Morgan fingerprint density at radius 2 is 1.78 bits per heavy atom. The van der Waals surface area contributed by atoms with Crippen molar-refractivity contribution >= 4 is 44.6 Å². The average molecular weight is 478 g/mol. The molecule has 0 saturated heterocycles. The normalized spacial score (nSPS) is 11.1. The molecule has 8 nitrogen and oxygen atoms in total. The van der Waals surface area contributed by atoms with E-state index in [4.69, 9.17) is 11.6 Å². The third-order valence-corrected chi connectivity index (χ3v) is 5.97. The van der Waals surface area contributed by atoms with Gasteiger partial charge in [0.15, 0.2) is 0 Å². The Labute approximate surface area is 188 Å². The number of non-ortho nitro benzene ring substituents is 1. The van der Waals surface area contributed by atoms with E-state index in [2.05, 4.69) is 5.32 Å². The molecule has 0 fully saturated rings. The molecular weight excluding hydrogens is 461 g/mol. The van der Waals surface area contributed by atoms with Crippen molar-refractivity contribution in [3.8, 4) is 0 Å². The van der Waals surface area contributed by atoms with Crippen LogP contribution < -0.4 is 9.62 Å². The van der Waals surface area contributed by atoms with Gasteiger partial charge in [-0.1, -0.05) is 29.8 Å². The van der Waals surface area contributed by atoms with Crippen LogP contribution in [0.4, 0.5) is 21.5 Å². The average Bonchev–Trinajstić information content (AvgIpc) is 2.74. The van der Waals surface area contributed by atoms with Crippen LogP contribution in [-0.4, -0.2) is 25.5 Å². The molecule has 0 bridgehead atoms. The van der Waals surface area contributed by atoms with Crippen molar-refractivity contribution in [2.45, 2.75) is 6.54 Å². The van der Waals surface area contributed by atoms with Gasteiger partial charge in [0.1, 0.15) is 5.82 Å². The summed E-state index contributed by atoms with van der Waals surface area (Å²) in [6, 6.07) is 15.1. The molecule has 0 aromatic heterocycles. The van der Waals surface area contributed by atoms with E-state index >= 15 is 0 Å². The van der Waals surface area contributed by atoms with Gasteiger partial charge in [-0.25, -0.2) is 12.8 Å². The van der Waals surface area contributed by atoms with Crippen LogP contribution in [0.25, 0.3) is 0 Å². The molecular formula is C21H17ClFN3O5S. The summed E-state index contributed by atoms with van der Waals surface area (Å²) in [5.74, 6) is -1.13. The molecule has 0 radical (unpaired) electrons. The lowest BCUT2D eigenvalue weighted by molar-refractivity contribution is -0.384. The van der Waals surface area contributed by atoms with Gasteiger partial charge in [-0.15, -0.1) is 0 Å². The van der Waals surface area contributed by atoms with Crippen LogP contribution in [0.2, 0.25) is 5.02 Å². The Hall–Kier alpha value is -3.50. The first-order valence-electron chi connectivity index (χ1n) is 9.13. The molecule has 0 aliphatic carbocycles. The fourth-order valence-electron chi connectivity index (χ4n) is 2.88. The first-order valence-corrected chi connectivity index (χ1v) is 11.4. The highest BCUT2D eigenvalue weighted by Gasteiger charge is 2.20. The summed E-state index contributed by atoms with van der Waals surface area (Å²) in [5.41, 5.74) is 0.417. The quantitative estimate of drug-likeness (QED) is 0.395. The molecule has 0 aliphatic heterocycles. The number of benzene rings is 3. The van der Waals surface area contributed by atoms with E-state index in [1.54, 1.807) is 6.07 Å². The van der Waals surface area contributed by atoms with Crippen molar-refractivity contribution in [3.63, 3.8) is 0 Å². The SMILES string of the molecule is CS(=O)(=O)N(Cc1ccccc1F)c1ccc(C(=O)Nc2cc([N+](=O)[O-])ccc2Cl)cc1. The van der Waals surface area contributed by atoms with E-state index in [1.807, 2.05) is 0 Å². The second-order valence-corrected chi connectivity index (χ2v) is 9.10. The lowest BCUT2D eigenvalue weighted by Crippen LogP contribution is -2.29. The number of amides is 1. The summed E-state index contributed by atoms with van der Waals surface area (Å²) in [4.78, 5) is 22.9. The van der Waals surface area contributed by atoms with Crippen LogP contribution in [0.3, 0.4) is 0 Å². The van der Waals surface area contributed by atoms with Gasteiger partial charge in [-0.05, 0) is 36.4 Å². The van der Waals surface area contributed by atoms with Gasteiger partial charge in [0.25, 0.3) is 11.6 Å². The smallest absolute Gasteiger partial charge is 0.271 e. The fraction of sp³-hybridized carbons (Fsp3) is 0.0952. The third-order valence-electron chi connectivity index (χ3n) is 4.50. The molecule has 166 valence electrons. The standard InChI is InChI=1S/C21H17ClFN3O5S/c1-32(30,31)25(13-15-4-2-3-5-19(15)23)16-8-6-14(7-9-16)21(27)24-20-12-17(26(28)29)10-11-18(20)22/h2-12H,13H2,1H3,(H,24,27). The molecule has 0 heterocycles. The molecule has 1 amide bonds. The van der Waals surface area contributed by atoms with Crippen molar-refractivity contribution in [2.75, 3.05) is 15.9 Å². The van der Waals surface area contributed by atoms with Crippen LogP contribution in [0, 0.1) is 15.9 Å². The van der Waals surface area contributed by atoms with Crippen molar-refractivity contribution in [2.24, 2.45) is 0 Å². The minimum absolute atomic E-state index is 0.0623. The highest BCUT2D eigenvalue weighted by Crippen LogP contribution is 2.28. The van der Waals surface area contributed by atoms with Gasteiger partial charge < -0.3 is 5.32 Å². The largest absolute Gasteiger partial charge is 0.320 e. The van der Waals surface area contributed by atoms with E-state index in [9.17, 15) is 27.7 Å². The van der Waals surface area contributed by atoms with Crippen LogP contribution in [-0.2, 0) is 16.6 Å². The number of hydrogen-bond donors (Lipinski definition) is 1. The highest BCUT2D eigenvalue weighted by atomic mass is 35.5. The maximum atomic E-state index is 14.0. The molecule has 0 unspecified atom stereocenters. The predicted octanol–water partition coefficient (Wildman–Crippen LogP) is 4.61. The summed E-state index contributed by atoms with van der Waals surface area (Å²) in [5, 5.41) is 13.5. The lowest BCUT2D eigenvalue weighted by Gasteiger charge is -2.23. The van der Waals surface area contributed by atoms with Crippen LogP contribution in [0.5, 0.6) is 0 Å². The Morgan fingerprint density at radius 1 is 1.12 bits per heavy atom. The fourth-order valence-corrected chi connectivity index (χ4v) is 3.92. The molecule has 1 N–H and O–H groups in total. The molecule has 0 aliphatic rings. The minimum atomic E-state index is -3.75. The van der Waals surface area contributed by atoms with Crippen molar-refractivity contribution < 1.29 is 22.5 Å². The minimum Gasteiger partial charge on any atom is -0.320 e. The van der Waals surface area contributed by atoms with E-state index in [-0.39, 0.29) is 39.8 Å². The monoisotopic (exact) mass is 477 g/mol. The summed E-state index contributed by atoms with van der Waals surface area (Å²) in [6.07, 6.45) is 0.999. The van der Waals surface area contributed by atoms with Gasteiger partial charge in [0, 0.05) is 23.3 Å². The zero-order chi connectivity index (χ0) is 23.5. The molecule has 32 heavy (non-hydrogen) atoms. The number of nitro benzene ring substituents is 1. The van der Waals surface area contributed by atoms with Crippen molar-refractivity contribution in [1.29, 1.82) is 0 Å². The van der Waals surface area contributed by atoms with E-state index in [1.165, 1.54) is 54.6 Å². The third kappa shape index (κ3) is 5.40. The number of anilines is 2. The Morgan fingerprint density at radius 3 is 2.38 bits per heavy atom. The molecule has 0 saturated carbocycles. The van der Waals surface area contributed by atoms with Crippen LogP contribution >= 0.6 is 11.6 Å². The lowest BCUT2D eigenvalue weighted by atomic mass is 10.1. The zero-order valence-electron chi connectivity index (χ0n) is 16.7. The number of nitrogens with zero attached hydrogens (tertiary/aromatic N) is 2. The second kappa shape index (κ2) is 9.33. The molecule has 11 heteroatoms. The molecule has 0 atom stereocenters. The highest BCUT2D eigenvalue weighted by molar-refractivity contribution is 7.92. The summed E-state index contributed by atoms with van der Waals surface area (Å²) in [7, 11) is -3.75. The van der Waals surface area contributed by atoms with E-state index in [0.717, 1.165) is 16.6 Å². The molecule has 3 rings (SSSR count). The number of carbonyl (C=O) groups is 1. The number of nitro groups is 1. The first kappa shape index (κ1) is 23.2. The topological polar surface area (TPSA) is 110 Å². The number of sulfonamides is 1. The number of carbonyl (C=O) groups excluding carboxylic acids is 1. The van der Waals surface area contributed by atoms with Gasteiger partial charge in [-0.3, -0.25) is 19.2 Å². The van der Waals surface area contributed by atoms with E-state index < -0.39 is 26.7 Å². The summed E-state index contributed by atoms with van der Waals surface area (Å²) < 4.78 is 39.6.